The van der Waals surface area contributed by atoms with Crippen molar-refractivity contribution in [2.75, 3.05) is 5.73 Å². The Hall–Kier alpha value is -2.10. The maximum Gasteiger partial charge on any atom is 0.248 e. The molecule has 0 aliphatic carbocycles. The van der Waals surface area contributed by atoms with E-state index in [0.29, 0.717) is 11.3 Å². The fraction of sp³-hybridized carbons (Fsp3) is 0. The molecule has 0 unspecified atom stereocenters. The summed E-state index contributed by atoms with van der Waals surface area (Å²) in [6.45, 7) is 0. The van der Waals surface area contributed by atoms with Crippen molar-refractivity contribution >= 4 is 5.69 Å². The second kappa shape index (κ2) is 3.57. The molecular weight excluding hydrogens is 195 g/mol. The molecular formula is C11H9FN2O. The molecule has 1 aromatic carbocycles. The first-order valence-corrected chi connectivity index (χ1v) is 4.41. The Morgan fingerprint density at radius 3 is 2.73 bits per heavy atom. The van der Waals surface area contributed by atoms with E-state index in [1.165, 1.54) is 24.4 Å². The molecule has 0 fully saturated rings. The van der Waals surface area contributed by atoms with Crippen molar-refractivity contribution in [3.63, 3.8) is 0 Å². The van der Waals surface area contributed by atoms with Gasteiger partial charge in [-0.2, -0.15) is 0 Å². The van der Waals surface area contributed by atoms with E-state index in [2.05, 4.69) is 4.98 Å². The predicted octanol–water partition coefficient (Wildman–Crippen LogP) is 1.76. The van der Waals surface area contributed by atoms with Crippen LogP contribution in [-0.4, -0.2) is 4.98 Å². The smallest absolute Gasteiger partial charge is 0.248 e. The molecule has 0 radical (unpaired) electrons. The first kappa shape index (κ1) is 9.45. The lowest BCUT2D eigenvalue weighted by atomic mass is 10.0. The van der Waals surface area contributed by atoms with Gasteiger partial charge in [0.1, 0.15) is 5.82 Å². The Balaban J connectivity index is 2.69. The van der Waals surface area contributed by atoms with Gasteiger partial charge in [0.15, 0.2) is 0 Å². The molecule has 0 amide bonds. The fourth-order valence-corrected chi connectivity index (χ4v) is 1.45. The number of halogens is 1. The Kier molecular flexibility index (Phi) is 2.25. The minimum atomic E-state index is -0.430. The van der Waals surface area contributed by atoms with Gasteiger partial charge in [-0.1, -0.05) is 6.07 Å². The van der Waals surface area contributed by atoms with E-state index in [1.54, 1.807) is 12.1 Å². The van der Waals surface area contributed by atoms with Crippen molar-refractivity contribution in [2.24, 2.45) is 0 Å². The number of H-pyrrole nitrogens is 1. The molecule has 0 aliphatic heterocycles. The molecule has 0 spiro atoms. The number of aromatic amines is 1. The SMILES string of the molecule is Nc1cccc(F)c1-c1cc[nH]c(=O)c1. The van der Waals surface area contributed by atoms with Gasteiger partial charge in [0.2, 0.25) is 5.56 Å². The van der Waals surface area contributed by atoms with Gasteiger partial charge in [-0.25, -0.2) is 4.39 Å². The third kappa shape index (κ3) is 1.74. The molecule has 0 bridgehead atoms. The molecule has 3 nitrogen and oxygen atoms in total. The zero-order chi connectivity index (χ0) is 10.8. The van der Waals surface area contributed by atoms with Crippen LogP contribution in [0.25, 0.3) is 11.1 Å². The van der Waals surface area contributed by atoms with Gasteiger partial charge < -0.3 is 10.7 Å². The third-order valence-corrected chi connectivity index (χ3v) is 2.11. The first-order chi connectivity index (χ1) is 7.18. The van der Waals surface area contributed by atoms with Gasteiger partial charge in [0.25, 0.3) is 0 Å². The summed E-state index contributed by atoms with van der Waals surface area (Å²) >= 11 is 0. The molecule has 4 heteroatoms. The van der Waals surface area contributed by atoms with Gasteiger partial charge in [-0.05, 0) is 23.8 Å². The van der Waals surface area contributed by atoms with Crippen LogP contribution in [-0.2, 0) is 0 Å². The Morgan fingerprint density at radius 2 is 2.07 bits per heavy atom. The highest BCUT2D eigenvalue weighted by Crippen LogP contribution is 2.27. The Labute approximate surface area is 85.4 Å². The average molecular weight is 204 g/mol. The summed E-state index contributed by atoms with van der Waals surface area (Å²) in [5.74, 6) is -0.430. The Bertz CT molecular complexity index is 528. The zero-order valence-corrected chi connectivity index (χ0v) is 7.83. The molecule has 3 N–H and O–H groups in total. The third-order valence-electron chi connectivity index (χ3n) is 2.11. The Morgan fingerprint density at radius 1 is 1.27 bits per heavy atom. The highest BCUT2D eigenvalue weighted by atomic mass is 19.1. The van der Waals surface area contributed by atoms with Crippen molar-refractivity contribution in [1.29, 1.82) is 0 Å². The van der Waals surface area contributed by atoms with E-state index in [9.17, 15) is 9.18 Å². The minimum absolute atomic E-state index is 0.267. The van der Waals surface area contributed by atoms with Crippen LogP contribution in [0.2, 0.25) is 0 Å². The predicted molar refractivity (Wildman–Crippen MR) is 56.9 cm³/mol. The number of nitrogens with two attached hydrogens (primary N) is 1. The number of nitrogens with one attached hydrogen (secondary N) is 1. The number of anilines is 1. The van der Waals surface area contributed by atoms with Gasteiger partial charge in [0, 0.05) is 23.5 Å². The van der Waals surface area contributed by atoms with Crippen LogP contribution in [0, 0.1) is 5.82 Å². The van der Waals surface area contributed by atoms with Gasteiger partial charge >= 0.3 is 0 Å². The fourth-order valence-electron chi connectivity index (χ4n) is 1.45. The maximum absolute atomic E-state index is 13.5. The molecule has 2 rings (SSSR count). The molecule has 0 aliphatic rings. The van der Waals surface area contributed by atoms with Crippen molar-refractivity contribution in [3.8, 4) is 11.1 Å². The van der Waals surface area contributed by atoms with Crippen LogP contribution >= 0.6 is 0 Å². The van der Waals surface area contributed by atoms with Crippen LogP contribution in [0.5, 0.6) is 0 Å². The minimum Gasteiger partial charge on any atom is -0.398 e. The number of pyridine rings is 1. The first-order valence-electron chi connectivity index (χ1n) is 4.41. The van der Waals surface area contributed by atoms with Crippen LogP contribution in [0.15, 0.2) is 41.3 Å². The summed E-state index contributed by atoms with van der Waals surface area (Å²) in [6.07, 6.45) is 1.46. The number of nitrogen functional groups attached to an aromatic ring is 1. The largest absolute Gasteiger partial charge is 0.398 e. The molecule has 0 saturated carbocycles. The number of benzene rings is 1. The topological polar surface area (TPSA) is 58.9 Å². The van der Waals surface area contributed by atoms with Crippen LogP contribution in [0.1, 0.15) is 0 Å². The standard InChI is InChI=1S/C11H9FN2O/c12-8-2-1-3-9(13)11(8)7-4-5-14-10(15)6-7/h1-6H,13H2,(H,14,15). The van der Waals surface area contributed by atoms with Crippen molar-refractivity contribution in [3.05, 3.63) is 52.7 Å². The number of aromatic nitrogens is 1. The lowest BCUT2D eigenvalue weighted by Gasteiger charge is -2.05. The molecule has 76 valence electrons. The highest BCUT2D eigenvalue weighted by molar-refractivity contribution is 5.76. The molecule has 2 aromatic rings. The van der Waals surface area contributed by atoms with Crippen LogP contribution in [0.4, 0.5) is 10.1 Å². The average Bonchev–Trinajstić information content (AvgIpc) is 2.17. The number of hydrogen-bond donors (Lipinski definition) is 2. The lowest BCUT2D eigenvalue weighted by molar-refractivity contribution is 0.632. The second-order valence-corrected chi connectivity index (χ2v) is 3.15. The summed E-state index contributed by atoms with van der Waals surface area (Å²) in [5, 5.41) is 0. The summed E-state index contributed by atoms with van der Waals surface area (Å²) in [4.78, 5) is 13.5. The van der Waals surface area contributed by atoms with Crippen molar-refractivity contribution in [1.82, 2.24) is 4.98 Å². The maximum atomic E-state index is 13.5. The van der Waals surface area contributed by atoms with Crippen LogP contribution in [0.3, 0.4) is 0 Å². The van der Waals surface area contributed by atoms with E-state index in [-0.39, 0.29) is 11.1 Å². The molecule has 15 heavy (non-hydrogen) atoms. The van der Waals surface area contributed by atoms with E-state index in [4.69, 9.17) is 5.73 Å². The highest BCUT2D eigenvalue weighted by Gasteiger charge is 2.08. The number of hydrogen-bond acceptors (Lipinski definition) is 2. The normalized spacial score (nSPS) is 10.2. The summed E-state index contributed by atoms with van der Waals surface area (Å²) < 4.78 is 13.5. The summed E-state index contributed by atoms with van der Waals surface area (Å²) in [6, 6.07) is 7.36. The van der Waals surface area contributed by atoms with Crippen molar-refractivity contribution < 1.29 is 4.39 Å². The van der Waals surface area contributed by atoms with E-state index < -0.39 is 5.82 Å². The van der Waals surface area contributed by atoms with Gasteiger partial charge in [-0.3, -0.25) is 4.79 Å². The molecule has 0 saturated heterocycles. The van der Waals surface area contributed by atoms with Crippen LogP contribution < -0.4 is 11.3 Å². The van der Waals surface area contributed by atoms with Crippen molar-refractivity contribution in [2.45, 2.75) is 0 Å². The monoisotopic (exact) mass is 204 g/mol. The summed E-state index contributed by atoms with van der Waals surface area (Å²) in [7, 11) is 0. The van der Waals surface area contributed by atoms with Gasteiger partial charge in [0.05, 0.1) is 0 Å². The van der Waals surface area contributed by atoms with E-state index in [0.717, 1.165) is 0 Å². The van der Waals surface area contributed by atoms with Gasteiger partial charge in [-0.15, -0.1) is 0 Å². The van der Waals surface area contributed by atoms with E-state index >= 15 is 0 Å². The van der Waals surface area contributed by atoms with E-state index in [1.807, 2.05) is 0 Å². The molecule has 1 heterocycles. The molecule has 1 aromatic heterocycles. The number of rotatable bonds is 1. The quantitative estimate of drug-likeness (QED) is 0.695. The second-order valence-electron chi connectivity index (χ2n) is 3.15. The summed E-state index contributed by atoms with van der Waals surface area (Å²) in [5.41, 5.74) is 6.44. The molecule has 0 atom stereocenters. The zero-order valence-electron chi connectivity index (χ0n) is 7.83. The lowest BCUT2D eigenvalue weighted by Crippen LogP contribution is -2.03.